The second kappa shape index (κ2) is 14.7. The summed E-state index contributed by atoms with van der Waals surface area (Å²) in [5, 5.41) is 7.73. The predicted molar refractivity (Wildman–Crippen MR) is 229 cm³/mol. The molecule has 0 saturated carbocycles. The number of hydrogen-bond donors (Lipinski definition) is 0. The number of unbranched alkanes of at least 4 members (excludes halogenated alkanes) is 1. The molecule has 5 heteroatoms. The van der Waals surface area contributed by atoms with E-state index in [4.69, 9.17) is 14.8 Å². The molecule has 4 aromatic carbocycles. The average Bonchev–Trinajstić information content (AvgIpc) is 3.68. The van der Waals surface area contributed by atoms with Gasteiger partial charge in [0.25, 0.3) is 0 Å². The van der Waals surface area contributed by atoms with E-state index in [1.165, 1.54) is 45.0 Å². The van der Waals surface area contributed by atoms with Crippen LogP contribution >= 0.6 is 0 Å². The Morgan fingerprint density at radius 2 is 1.56 bits per heavy atom. The summed E-state index contributed by atoms with van der Waals surface area (Å²) in [5.41, 5.74) is 11.8. The maximum Gasteiger partial charge on any atom is 0.137 e. The number of pyridine rings is 1. The van der Waals surface area contributed by atoms with Gasteiger partial charge in [-0.2, -0.15) is 5.10 Å². The summed E-state index contributed by atoms with van der Waals surface area (Å²) < 4.78 is 11.4. The minimum Gasteiger partial charge on any atom is -0.457 e. The summed E-state index contributed by atoms with van der Waals surface area (Å²) in [5.74, 6) is 3.90. The molecule has 0 unspecified atom stereocenters. The number of aromatic nitrogens is 4. The van der Waals surface area contributed by atoms with Crippen molar-refractivity contribution in [2.24, 2.45) is 11.8 Å². The van der Waals surface area contributed by atoms with Gasteiger partial charge in [-0.1, -0.05) is 108 Å². The van der Waals surface area contributed by atoms with E-state index in [0.29, 0.717) is 17.8 Å². The van der Waals surface area contributed by atoms with Crippen LogP contribution in [0.15, 0.2) is 121 Å². The van der Waals surface area contributed by atoms with Crippen molar-refractivity contribution in [1.82, 2.24) is 19.3 Å². The first-order valence-electron chi connectivity index (χ1n) is 20.2. The Morgan fingerprint density at radius 1 is 0.800 bits per heavy atom. The van der Waals surface area contributed by atoms with Crippen LogP contribution in [0.5, 0.6) is 11.5 Å². The van der Waals surface area contributed by atoms with Crippen LogP contribution < -0.4 is 4.74 Å². The molecule has 0 aliphatic heterocycles. The number of benzene rings is 4. The van der Waals surface area contributed by atoms with E-state index < -0.39 is 0 Å². The molecule has 3 heterocycles. The number of nitrogens with zero attached hydrogens (tertiary/aromatic N) is 4. The van der Waals surface area contributed by atoms with Crippen molar-refractivity contribution in [2.45, 2.75) is 92.4 Å². The van der Waals surface area contributed by atoms with Crippen molar-refractivity contribution >= 4 is 21.8 Å². The fraction of sp³-hybridized carbons (Fsp3) is 0.320. The van der Waals surface area contributed by atoms with Crippen LogP contribution in [0.4, 0.5) is 0 Å². The van der Waals surface area contributed by atoms with Gasteiger partial charge in [0, 0.05) is 46.1 Å². The molecule has 0 spiro atoms. The number of hydrogen-bond acceptors (Lipinski definition) is 3. The number of aryl methyl sites for hydroxylation is 2. The van der Waals surface area contributed by atoms with E-state index in [0.717, 1.165) is 64.7 Å². The highest BCUT2D eigenvalue weighted by Gasteiger charge is 2.33. The molecule has 1 aliphatic rings. The minimum atomic E-state index is -0.121. The monoisotopic (exact) mass is 726 g/mol. The quantitative estimate of drug-likeness (QED) is 0.139. The molecule has 55 heavy (non-hydrogen) atoms. The standard InChI is InChI=1S/C50H54N4O/c1-9-10-16-36-23-24-51-46(27-36)53-44-20-15-14-19-42(44)43-22-21-40(31-45(43)53)55-41-29-38(50(6,7)8)28-39(30-41)54-49(37-17-12-11-13-18-37)48(35(5)52-54)47-33(3)25-32(2)26-34(47)4/h11-15,17-25,27-32,34,47H,9-10,16,26H2,1-8H3/t32-,34-,47-/m0/s1. The summed E-state index contributed by atoms with van der Waals surface area (Å²) in [4.78, 5) is 4.89. The van der Waals surface area contributed by atoms with Gasteiger partial charge in [0.1, 0.15) is 17.3 Å². The van der Waals surface area contributed by atoms with Gasteiger partial charge in [-0.25, -0.2) is 9.67 Å². The summed E-state index contributed by atoms with van der Waals surface area (Å²) >= 11 is 0. The molecule has 3 atom stereocenters. The third-order valence-electron chi connectivity index (χ3n) is 11.6. The molecule has 0 N–H and O–H groups in total. The lowest BCUT2D eigenvalue weighted by Crippen LogP contribution is -2.20. The first kappa shape index (κ1) is 36.6. The van der Waals surface area contributed by atoms with Gasteiger partial charge in [-0.15, -0.1) is 0 Å². The SMILES string of the molecule is CCCCc1ccnc(-n2c3ccccc3c3ccc(Oc4cc(-n5nc(C)c([C@H]6C(C)=C[C@H](C)C[C@@H]6C)c5-c5ccccc5)cc(C(C)(C)C)c4)cc32)c1. The Hall–Kier alpha value is -5.42. The van der Waals surface area contributed by atoms with Gasteiger partial charge in [-0.05, 0) is 104 Å². The molecular formula is C50H54N4O. The lowest BCUT2D eigenvalue weighted by Gasteiger charge is -2.32. The van der Waals surface area contributed by atoms with Gasteiger partial charge in [0.05, 0.1) is 28.1 Å². The topological polar surface area (TPSA) is 44.9 Å². The number of rotatable bonds is 9. The van der Waals surface area contributed by atoms with E-state index in [2.05, 4.69) is 174 Å². The molecule has 0 saturated heterocycles. The minimum absolute atomic E-state index is 0.121. The Morgan fingerprint density at radius 3 is 2.33 bits per heavy atom. The summed E-state index contributed by atoms with van der Waals surface area (Å²) in [6, 6.07) is 36.9. The first-order chi connectivity index (χ1) is 26.5. The van der Waals surface area contributed by atoms with Crippen LogP contribution in [-0.4, -0.2) is 19.3 Å². The average molecular weight is 727 g/mol. The lowest BCUT2D eigenvalue weighted by molar-refractivity contribution is 0.391. The summed E-state index contributed by atoms with van der Waals surface area (Å²) in [7, 11) is 0. The highest BCUT2D eigenvalue weighted by atomic mass is 16.5. The first-order valence-corrected chi connectivity index (χ1v) is 20.2. The molecule has 0 bridgehead atoms. The van der Waals surface area contributed by atoms with E-state index in [1.807, 2.05) is 6.20 Å². The molecule has 7 aromatic rings. The smallest absolute Gasteiger partial charge is 0.137 e. The summed E-state index contributed by atoms with van der Waals surface area (Å²) in [6.07, 6.45) is 8.95. The highest BCUT2D eigenvalue weighted by molar-refractivity contribution is 6.09. The molecular weight excluding hydrogens is 673 g/mol. The maximum atomic E-state index is 6.91. The van der Waals surface area contributed by atoms with Gasteiger partial charge in [-0.3, -0.25) is 4.57 Å². The molecule has 8 rings (SSSR count). The van der Waals surface area contributed by atoms with Crippen LogP contribution in [0.2, 0.25) is 0 Å². The van der Waals surface area contributed by atoms with Crippen molar-refractivity contribution in [2.75, 3.05) is 0 Å². The van der Waals surface area contributed by atoms with Crippen molar-refractivity contribution in [3.8, 4) is 34.3 Å². The van der Waals surface area contributed by atoms with Crippen LogP contribution in [-0.2, 0) is 11.8 Å². The van der Waals surface area contributed by atoms with Crippen LogP contribution in [0.25, 0.3) is 44.6 Å². The molecule has 5 nitrogen and oxygen atoms in total. The molecule has 3 aromatic heterocycles. The molecule has 1 aliphatic carbocycles. The van der Waals surface area contributed by atoms with Gasteiger partial charge in [0.2, 0.25) is 0 Å². The lowest BCUT2D eigenvalue weighted by atomic mass is 9.72. The third kappa shape index (κ3) is 7.01. The Labute approximate surface area is 326 Å². The molecule has 280 valence electrons. The summed E-state index contributed by atoms with van der Waals surface area (Å²) in [6.45, 7) is 18.3. The van der Waals surface area contributed by atoms with Crippen molar-refractivity contribution in [1.29, 1.82) is 0 Å². The largest absolute Gasteiger partial charge is 0.457 e. The fourth-order valence-electron chi connectivity index (χ4n) is 8.99. The Kier molecular flexibility index (Phi) is 9.75. The van der Waals surface area contributed by atoms with Crippen LogP contribution in [0.1, 0.15) is 96.0 Å². The van der Waals surface area contributed by atoms with Crippen LogP contribution in [0.3, 0.4) is 0 Å². The zero-order valence-corrected chi connectivity index (χ0v) is 33.7. The van der Waals surface area contributed by atoms with Crippen molar-refractivity contribution in [3.05, 3.63) is 143 Å². The normalized spacial score (nSPS) is 17.5. The molecule has 0 radical (unpaired) electrons. The zero-order chi connectivity index (χ0) is 38.4. The van der Waals surface area contributed by atoms with E-state index in [1.54, 1.807) is 0 Å². The maximum absolute atomic E-state index is 6.91. The van der Waals surface area contributed by atoms with E-state index in [9.17, 15) is 0 Å². The third-order valence-corrected chi connectivity index (χ3v) is 11.6. The predicted octanol–water partition coefficient (Wildman–Crippen LogP) is 13.5. The van der Waals surface area contributed by atoms with E-state index >= 15 is 0 Å². The van der Waals surface area contributed by atoms with E-state index in [-0.39, 0.29) is 5.41 Å². The van der Waals surface area contributed by atoms with Gasteiger partial charge < -0.3 is 4.74 Å². The van der Waals surface area contributed by atoms with Crippen molar-refractivity contribution < 1.29 is 4.74 Å². The Balaban J connectivity index is 1.27. The fourth-order valence-corrected chi connectivity index (χ4v) is 8.99. The number of allylic oxidation sites excluding steroid dienone is 2. The number of ether oxygens (including phenoxy) is 1. The highest BCUT2D eigenvalue weighted by Crippen LogP contribution is 2.46. The second-order valence-corrected chi connectivity index (χ2v) is 16.9. The number of fused-ring (bicyclic) bond motifs is 3. The number of para-hydroxylation sites is 1. The van der Waals surface area contributed by atoms with Crippen molar-refractivity contribution in [3.63, 3.8) is 0 Å². The molecule has 0 amide bonds. The Bertz CT molecular complexity index is 2530. The van der Waals surface area contributed by atoms with Crippen LogP contribution in [0, 0.1) is 18.8 Å². The van der Waals surface area contributed by atoms with Gasteiger partial charge in [0.15, 0.2) is 0 Å². The second-order valence-electron chi connectivity index (χ2n) is 16.9. The molecule has 0 fully saturated rings. The zero-order valence-electron chi connectivity index (χ0n) is 33.7. The van der Waals surface area contributed by atoms with Gasteiger partial charge >= 0.3 is 0 Å².